The van der Waals surface area contributed by atoms with E-state index in [9.17, 15) is 10.2 Å². The smallest absolute Gasteiger partial charge is 0.193 e. The maximum Gasteiger partial charge on any atom is 0.193 e. The zero-order valence-electron chi connectivity index (χ0n) is 16.0. The topological polar surface area (TPSA) is 58.9 Å². The van der Waals surface area contributed by atoms with Gasteiger partial charge >= 0.3 is 0 Å². The molecule has 1 heterocycles. The molecule has 1 spiro atoms. The molecule has 2 aliphatic carbocycles. The lowest BCUT2D eigenvalue weighted by molar-refractivity contribution is -0.181. The van der Waals surface area contributed by atoms with E-state index in [2.05, 4.69) is 13.5 Å². The molecule has 2 atom stereocenters. The summed E-state index contributed by atoms with van der Waals surface area (Å²) in [4.78, 5) is 0. The number of aliphatic hydroxyl groups is 2. The first-order valence-corrected chi connectivity index (χ1v) is 9.41. The van der Waals surface area contributed by atoms with Crippen LogP contribution in [0.4, 0.5) is 0 Å². The second kappa shape index (κ2) is 6.34. The van der Waals surface area contributed by atoms with Crippen molar-refractivity contribution in [1.82, 2.24) is 0 Å². The summed E-state index contributed by atoms with van der Waals surface area (Å²) in [5.41, 5.74) is 2.19. The second-order valence-electron chi connectivity index (χ2n) is 8.35. The van der Waals surface area contributed by atoms with Gasteiger partial charge in [0.15, 0.2) is 5.79 Å². The normalized spacial score (nSPS) is 33.0. The first-order valence-electron chi connectivity index (χ1n) is 9.41. The van der Waals surface area contributed by atoms with Gasteiger partial charge in [-0.25, -0.2) is 0 Å². The van der Waals surface area contributed by atoms with Crippen LogP contribution in [0.25, 0.3) is 0 Å². The Morgan fingerprint density at radius 3 is 2.32 bits per heavy atom. The minimum atomic E-state index is -1.29. The van der Waals surface area contributed by atoms with Gasteiger partial charge in [0.2, 0.25) is 0 Å². The molecule has 25 heavy (non-hydrogen) atoms. The Morgan fingerprint density at radius 1 is 1.08 bits per heavy atom. The van der Waals surface area contributed by atoms with Crippen molar-refractivity contribution in [2.45, 2.75) is 77.3 Å². The Balaban J connectivity index is 2.07. The van der Waals surface area contributed by atoms with Crippen LogP contribution >= 0.6 is 0 Å². The van der Waals surface area contributed by atoms with Gasteiger partial charge in [-0.15, -0.1) is 0 Å². The molecule has 0 unspecified atom stereocenters. The Labute approximate surface area is 151 Å². The van der Waals surface area contributed by atoms with Crippen molar-refractivity contribution in [3.05, 3.63) is 34.9 Å². The van der Waals surface area contributed by atoms with E-state index in [0.29, 0.717) is 19.6 Å². The molecule has 0 radical (unpaired) electrons. The summed E-state index contributed by atoms with van der Waals surface area (Å²) < 4.78 is 12.0. The summed E-state index contributed by atoms with van der Waals surface area (Å²) in [5.74, 6) is -0.863. The van der Waals surface area contributed by atoms with E-state index in [-0.39, 0.29) is 0 Å². The van der Waals surface area contributed by atoms with Crippen LogP contribution in [0.2, 0.25) is 0 Å². The molecule has 1 fully saturated rings. The largest absolute Gasteiger partial charge is 0.386 e. The predicted octanol–water partition coefficient (Wildman–Crippen LogP) is 3.64. The number of hydrogen-bond acceptors (Lipinski definition) is 4. The van der Waals surface area contributed by atoms with Gasteiger partial charge in [-0.05, 0) is 45.1 Å². The van der Waals surface area contributed by atoms with E-state index < -0.39 is 22.9 Å². The van der Waals surface area contributed by atoms with Gasteiger partial charge in [0.1, 0.15) is 11.7 Å². The van der Waals surface area contributed by atoms with Crippen molar-refractivity contribution >= 4 is 0 Å². The molecule has 4 heteroatoms. The minimum absolute atomic E-state index is 0.511. The van der Waals surface area contributed by atoms with Crippen LogP contribution in [0.15, 0.2) is 34.9 Å². The van der Waals surface area contributed by atoms with Crippen LogP contribution in [0.1, 0.15) is 59.8 Å². The molecule has 0 aromatic carbocycles. The Kier molecular flexibility index (Phi) is 4.78. The van der Waals surface area contributed by atoms with Crippen LogP contribution in [0.5, 0.6) is 0 Å². The quantitative estimate of drug-likeness (QED) is 0.765. The minimum Gasteiger partial charge on any atom is -0.386 e. The van der Waals surface area contributed by atoms with Gasteiger partial charge in [-0.2, -0.15) is 0 Å². The molecule has 0 bridgehead atoms. The standard InChI is InChI=1S/C21H32O4/c1-6-16-14(2)9-11-20(23,19(16,4)5)18(22)17-15(3)8-7-10-21(17)24-12-13-25-21/h6,18,22-23H,1,7-13H2,2-5H3/t18-,20+/m0/s1. The molecule has 3 rings (SSSR count). The van der Waals surface area contributed by atoms with Gasteiger partial charge in [-0.1, -0.05) is 37.6 Å². The summed E-state index contributed by atoms with van der Waals surface area (Å²) in [6, 6.07) is 0. The first-order chi connectivity index (χ1) is 11.7. The molecule has 0 amide bonds. The van der Waals surface area contributed by atoms with Crippen LogP contribution < -0.4 is 0 Å². The van der Waals surface area contributed by atoms with Gasteiger partial charge in [0.25, 0.3) is 0 Å². The number of ether oxygens (including phenoxy) is 2. The number of hydrogen-bond donors (Lipinski definition) is 2. The van der Waals surface area contributed by atoms with Gasteiger partial charge in [-0.3, -0.25) is 0 Å². The van der Waals surface area contributed by atoms with Crippen LogP contribution in [-0.2, 0) is 9.47 Å². The summed E-state index contributed by atoms with van der Waals surface area (Å²) >= 11 is 0. The molecule has 0 saturated carbocycles. The van der Waals surface area contributed by atoms with Gasteiger partial charge in [0.05, 0.1) is 13.2 Å². The highest BCUT2D eigenvalue weighted by molar-refractivity contribution is 5.40. The molecule has 1 saturated heterocycles. The van der Waals surface area contributed by atoms with E-state index in [1.54, 1.807) is 0 Å². The third kappa shape index (κ3) is 2.66. The average molecular weight is 348 g/mol. The predicted molar refractivity (Wildman–Crippen MR) is 98.1 cm³/mol. The summed E-state index contributed by atoms with van der Waals surface area (Å²) in [6.45, 7) is 13.1. The number of rotatable bonds is 3. The SMILES string of the molecule is C=CC1=C(C)CC[C@@](O)([C@@H](O)C2=C(C)CCCC23OCCO3)C1(C)C. The second-order valence-corrected chi connectivity index (χ2v) is 8.35. The van der Waals surface area contributed by atoms with Crippen LogP contribution in [0, 0.1) is 5.41 Å². The highest BCUT2D eigenvalue weighted by Crippen LogP contribution is 2.53. The number of aliphatic hydroxyl groups excluding tert-OH is 1. The van der Waals surface area contributed by atoms with Crippen molar-refractivity contribution in [1.29, 1.82) is 0 Å². The van der Waals surface area contributed by atoms with Crippen molar-refractivity contribution in [2.24, 2.45) is 5.41 Å². The molecule has 0 aromatic rings. The molecule has 3 aliphatic rings. The fourth-order valence-corrected chi connectivity index (χ4v) is 5.12. The monoisotopic (exact) mass is 348 g/mol. The van der Waals surface area contributed by atoms with Crippen LogP contribution in [0.3, 0.4) is 0 Å². The maximum absolute atomic E-state index is 11.7. The van der Waals surface area contributed by atoms with Gasteiger partial charge < -0.3 is 19.7 Å². The van der Waals surface area contributed by atoms with E-state index in [1.807, 2.05) is 26.8 Å². The van der Waals surface area contributed by atoms with E-state index >= 15 is 0 Å². The van der Waals surface area contributed by atoms with Crippen molar-refractivity contribution in [3.63, 3.8) is 0 Å². The lowest BCUT2D eigenvalue weighted by Gasteiger charge is -2.53. The maximum atomic E-state index is 11.7. The molecule has 2 N–H and O–H groups in total. The fraction of sp³-hybridized carbons (Fsp3) is 0.714. The molecule has 140 valence electrons. The van der Waals surface area contributed by atoms with Crippen molar-refractivity contribution in [3.8, 4) is 0 Å². The van der Waals surface area contributed by atoms with Crippen molar-refractivity contribution in [2.75, 3.05) is 13.2 Å². The lowest BCUT2D eigenvalue weighted by atomic mass is 9.58. The Bertz CT molecular complexity index is 622. The Morgan fingerprint density at radius 2 is 1.72 bits per heavy atom. The molecule has 1 aliphatic heterocycles. The summed E-state index contributed by atoms with van der Waals surface area (Å²) in [6.07, 6.45) is 4.67. The third-order valence-corrected chi connectivity index (χ3v) is 6.71. The summed E-state index contributed by atoms with van der Waals surface area (Å²) in [7, 11) is 0. The van der Waals surface area contributed by atoms with Crippen molar-refractivity contribution < 1.29 is 19.7 Å². The first kappa shape index (κ1) is 18.8. The zero-order chi connectivity index (χ0) is 18.5. The molecular formula is C21H32O4. The van der Waals surface area contributed by atoms with E-state index in [0.717, 1.165) is 42.4 Å². The highest BCUT2D eigenvalue weighted by atomic mass is 16.7. The van der Waals surface area contributed by atoms with Gasteiger partial charge in [0, 0.05) is 17.4 Å². The summed E-state index contributed by atoms with van der Waals surface area (Å²) in [5, 5.41) is 23.2. The van der Waals surface area contributed by atoms with Crippen LogP contribution in [-0.4, -0.2) is 40.9 Å². The Hall–Kier alpha value is -0.940. The molecular weight excluding hydrogens is 316 g/mol. The molecule has 0 aromatic heterocycles. The fourth-order valence-electron chi connectivity index (χ4n) is 5.12. The number of allylic oxidation sites excluding steroid dienone is 3. The van der Waals surface area contributed by atoms with E-state index in [1.165, 1.54) is 5.57 Å². The lowest BCUT2D eigenvalue weighted by Crippen LogP contribution is -2.60. The zero-order valence-corrected chi connectivity index (χ0v) is 16.0. The molecule has 4 nitrogen and oxygen atoms in total. The van der Waals surface area contributed by atoms with E-state index in [4.69, 9.17) is 9.47 Å². The highest BCUT2D eigenvalue weighted by Gasteiger charge is 2.58. The average Bonchev–Trinajstić information content (AvgIpc) is 3.00. The third-order valence-electron chi connectivity index (χ3n) is 6.71.